The van der Waals surface area contributed by atoms with Crippen molar-refractivity contribution < 1.29 is 9.53 Å². The third kappa shape index (κ3) is 5.30. The van der Waals surface area contributed by atoms with Gasteiger partial charge in [0.15, 0.2) is 0 Å². The number of carbonyl (C=O) groups is 1. The number of nitrogens with zero attached hydrogens (tertiary/aromatic N) is 3. The molecule has 0 spiro atoms. The van der Waals surface area contributed by atoms with E-state index in [4.69, 9.17) is 4.74 Å². The van der Waals surface area contributed by atoms with Gasteiger partial charge in [-0.2, -0.15) is 0 Å². The van der Waals surface area contributed by atoms with Gasteiger partial charge in [-0.15, -0.1) is 0 Å². The summed E-state index contributed by atoms with van der Waals surface area (Å²) >= 11 is 0. The molecule has 5 nitrogen and oxygen atoms in total. The third-order valence-electron chi connectivity index (χ3n) is 3.71. The number of hydrogen-bond acceptors (Lipinski definition) is 4. The van der Waals surface area contributed by atoms with Gasteiger partial charge in [0, 0.05) is 44.6 Å². The molecule has 5 heteroatoms. The second-order valence-corrected chi connectivity index (χ2v) is 6.87. The van der Waals surface area contributed by atoms with Crippen LogP contribution >= 0.6 is 0 Å². The van der Waals surface area contributed by atoms with E-state index in [1.165, 1.54) is 5.56 Å². The first-order chi connectivity index (χ1) is 10.3. The van der Waals surface area contributed by atoms with Crippen LogP contribution in [0.15, 0.2) is 18.3 Å². The van der Waals surface area contributed by atoms with E-state index in [1.54, 1.807) is 4.90 Å². The molecule has 1 amide bonds. The highest BCUT2D eigenvalue weighted by atomic mass is 16.6. The molecular formula is C17H27N3O2. The number of amides is 1. The summed E-state index contributed by atoms with van der Waals surface area (Å²) in [6.07, 6.45) is 2.75. The summed E-state index contributed by atoms with van der Waals surface area (Å²) < 4.78 is 5.41. The number of pyridine rings is 1. The average Bonchev–Trinajstić information content (AvgIpc) is 2.45. The van der Waals surface area contributed by atoms with Gasteiger partial charge < -0.3 is 9.64 Å². The highest BCUT2D eigenvalue weighted by Gasteiger charge is 2.25. The molecule has 1 saturated heterocycles. The van der Waals surface area contributed by atoms with Gasteiger partial charge in [-0.1, -0.05) is 6.07 Å². The molecule has 0 unspecified atom stereocenters. The maximum Gasteiger partial charge on any atom is 0.410 e. The summed E-state index contributed by atoms with van der Waals surface area (Å²) in [6.45, 7) is 12.0. The van der Waals surface area contributed by atoms with Gasteiger partial charge in [-0.3, -0.25) is 9.88 Å². The number of rotatable bonds is 3. The van der Waals surface area contributed by atoms with Crippen LogP contribution in [-0.4, -0.2) is 59.2 Å². The minimum absolute atomic E-state index is 0.199. The van der Waals surface area contributed by atoms with E-state index in [0.29, 0.717) is 0 Å². The second kappa shape index (κ2) is 7.09. The van der Waals surface area contributed by atoms with Gasteiger partial charge in [0.05, 0.1) is 0 Å². The van der Waals surface area contributed by atoms with Crippen LogP contribution in [0.1, 0.15) is 32.0 Å². The Balaban J connectivity index is 1.73. The molecule has 1 aromatic heterocycles. The normalized spacial score (nSPS) is 16.6. The van der Waals surface area contributed by atoms with Crippen LogP contribution in [0.3, 0.4) is 0 Å². The van der Waals surface area contributed by atoms with Crippen LogP contribution in [-0.2, 0) is 11.2 Å². The van der Waals surface area contributed by atoms with E-state index in [2.05, 4.69) is 22.0 Å². The lowest BCUT2D eigenvalue weighted by atomic mass is 10.2. The molecule has 1 aromatic rings. The first-order valence-electron chi connectivity index (χ1n) is 7.95. The van der Waals surface area contributed by atoms with Crippen LogP contribution < -0.4 is 0 Å². The largest absolute Gasteiger partial charge is 0.444 e. The van der Waals surface area contributed by atoms with E-state index in [-0.39, 0.29) is 6.09 Å². The second-order valence-electron chi connectivity index (χ2n) is 6.87. The summed E-state index contributed by atoms with van der Waals surface area (Å²) in [7, 11) is 0. The van der Waals surface area contributed by atoms with Gasteiger partial charge in [0.1, 0.15) is 5.60 Å². The lowest BCUT2D eigenvalue weighted by molar-refractivity contribution is 0.0146. The van der Waals surface area contributed by atoms with Gasteiger partial charge >= 0.3 is 6.09 Å². The predicted molar refractivity (Wildman–Crippen MR) is 86.9 cm³/mol. The summed E-state index contributed by atoms with van der Waals surface area (Å²) in [4.78, 5) is 20.5. The van der Waals surface area contributed by atoms with Crippen molar-refractivity contribution in [2.45, 2.75) is 39.7 Å². The van der Waals surface area contributed by atoms with Crippen molar-refractivity contribution in [1.82, 2.24) is 14.8 Å². The molecule has 0 radical (unpaired) electrons. The van der Waals surface area contributed by atoms with Crippen molar-refractivity contribution in [2.24, 2.45) is 0 Å². The van der Waals surface area contributed by atoms with E-state index in [0.717, 1.165) is 44.8 Å². The van der Waals surface area contributed by atoms with Crippen LogP contribution in [0.25, 0.3) is 0 Å². The molecule has 2 rings (SSSR count). The molecule has 0 N–H and O–H groups in total. The van der Waals surface area contributed by atoms with Crippen LogP contribution in [0.4, 0.5) is 4.79 Å². The Bertz CT molecular complexity index is 486. The van der Waals surface area contributed by atoms with Crippen molar-refractivity contribution in [3.8, 4) is 0 Å². The Morgan fingerprint density at radius 1 is 1.23 bits per heavy atom. The minimum atomic E-state index is -0.424. The summed E-state index contributed by atoms with van der Waals surface area (Å²) in [6, 6.07) is 4.19. The number of ether oxygens (including phenoxy) is 1. The Labute approximate surface area is 133 Å². The zero-order valence-corrected chi connectivity index (χ0v) is 14.1. The summed E-state index contributed by atoms with van der Waals surface area (Å²) in [5, 5.41) is 0. The lowest BCUT2D eigenvalue weighted by Crippen LogP contribution is -2.50. The van der Waals surface area contributed by atoms with Crippen molar-refractivity contribution >= 4 is 6.09 Å². The molecule has 22 heavy (non-hydrogen) atoms. The molecule has 0 aliphatic carbocycles. The number of carbonyl (C=O) groups excluding carboxylic acids is 1. The fraction of sp³-hybridized carbons (Fsp3) is 0.647. The Kier molecular flexibility index (Phi) is 5.40. The summed E-state index contributed by atoms with van der Waals surface area (Å²) in [5.74, 6) is 0. The molecule has 0 bridgehead atoms. The molecule has 1 aliphatic heterocycles. The fourth-order valence-electron chi connectivity index (χ4n) is 2.41. The molecule has 0 atom stereocenters. The quantitative estimate of drug-likeness (QED) is 0.860. The number of aromatic nitrogens is 1. The van der Waals surface area contributed by atoms with Crippen molar-refractivity contribution in [3.63, 3.8) is 0 Å². The third-order valence-corrected chi connectivity index (χ3v) is 3.71. The number of aryl methyl sites for hydroxylation is 1. The van der Waals surface area contributed by atoms with Gasteiger partial charge in [-0.25, -0.2) is 4.79 Å². The molecular weight excluding hydrogens is 278 g/mol. The molecule has 0 saturated carbocycles. The van der Waals surface area contributed by atoms with Gasteiger partial charge in [-0.05, 0) is 45.7 Å². The zero-order chi connectivity index (χ0) is 16.2. The monoisotopic (exact) mass is 305 g/mol. The maximum atomic E-state index is 12.0. The highest BCUT2D eigenvalue weighted by molar-refractivity contribution is 5.68. The van der Waals surface area contributed by atoms with Crippen LogP contribution in [0.5, 0.6) is 0 Å². The lowest BCUT2D eigenvalue weighted by Gasteiger charge is -2.35. The van der Waals surface area contributed by atoms with Gasteiger partial charge in [0.2, 0.25) is 0 Å². The smallest absolute Gasteiger partial charge is 0.410 e. The van der Waals surface area contributed by atoms with Crippen molar-refractivity contribution in [2.75, 3.05) is 32.7 Å². The summed E-state index contributed by atoms with van der Waals surface area (Å²) in [5.41, 5.74) is 1.89. The highest BCUT2D eigenvalue weighted by Crippen LogP contribution is 2.12. The first kappa shape index (κ1) is 16.7. The predicted octanol–water partition coefficient (Wildman–Crippen LogP) is 2.49. The van der Waals surface area contributed by atoms with Gasteiger partial charge in [0.25, 0.3) is 0 Å². The maximum absolute atomic E-state index is 12.0. The van der Waals surface area contributed by atoms with E-state index < -0.39 is 5.60 Å². The molecule has 2 heterocycles. The van der Waals surface area contributed by atoms with E-state index >= 15 is 0 Å². The van der Waals surface area contributed by atoms with Crippen molar-refractivity contribution in [1.29, 1.82) is 0 Å². The standard InChI is InChI=1S/C17H27N3O2/c1-14-5-6-15(13-18-14)7-8-19-9-11-20(12-10-19)16(21)22-17(2,3)4/h5-6,13H,7-12H2,1-4H3. The fourth-order valence-corrected chi connectivity index (χ4v) is 2.41. The Morgan fingerprint density at radius 2 is 1.91 bits per heavy atom. The zero-order valence-electron chi connectivity index (χ0n) is 14.1. The topological polar surface area (TPSA) is 45.7 Å². The molecule has 0 aromatic carbocycles. The minimum Gasteiger partial charge on any atom is -0.444 e. The molecule has 1 aliphatic rings. The van der Waals surface area contributed by atoms with E-state index in [9.17, 15) is 4.79 Å². The molecule has 1 fully saturated rings. The SMILES string of the molecule is Cc1ccc(CCN2CCN(C(=O)OC(C)(C)C)CC2)cn1. The Morgan fingerprint density at radius 3 is 2.45 bits per heavy atom. The van der Waals surface area contributed by atoms with E-state index in [1.807, 2.05) is 33.9 Å². The number of piperazine rings is 1. The Hall–Kier alpha value is -1.62. The van der Waals surface area contributed by atoms with Crippen molar-refractivity contribution in [3.05, 3.63) is 29.6 Å². The number of hydrogen-bond donors (Lipinski definition) is 0. The van der Waals surface area contributed by atoms with Crippen LogP contribution in [0.2, 0.25) is 0 Å². The first-order valence-corrected chi connectivity index (χ1v) is 7.95. The average molecular weight is 305 g/mol. The van der Waals surface area contributed by atoms with Crippen LogP contribution in [0, 0.1) is 6.92 Å². The molecule has 122 valence electrons.